The van der Waals surface area contributed by atoms with Crippen LogP contribution in [0.5, 0.6) is 5.75 Å². The van der Waals surface area contributed by atoms with Crippen molar-refractivity contribution in [3.05, 3.63) is 41.5 Å². The minimum Gasteiger partial charge on any atom is -0.492 e. The predicted octanol–water partition coefficient (Wildman–Crippen LogP) is 4.32. The SMILES string of the molecule is CN(CCOc1ccc(-c2cccc(N)n2)c2c1CCCC2)C(C)(C)C. The fourth-order valence-electron chi connectivity index (χ4n) is 3.44. The van der Waals surface area contributed by atoms with Crippen LogP contribution in [0.1, 0.15) is 44.7 Å². The molecule has 0 bridgehead atoms. The highest BCUT2D eigenvalue weighted by Crippen LogP contribution is 2.36. The first-order chi connectivity index (χ1) is 12.4. The zero-order valence-electron chi connectivity index (χ0n) is 16.5. The molecule has 0 saturated heterocycles. The molecule has 26 heavy (non-hydrogen) atoms. The van der Waals surface area contributed by atoms with Gasteiger partial charge in [-0.3, -0.25) is 4.90 Å². The normalized spacial score (nSPS) is 14.3. The lowest BCUT2D eigenvalue weighted by Crippen LogP contribution is -2.40. The number of nitrogen functional groups attached to an aromatic ring is 1. The van der Waals surface area contributed by atoms with E-state index in [1.807, 2.05) is 18.2 Å². The summed E-state index contributed by atoms with van der Waals surface area (Å²) in [6.07, 6.45) is 4.60. The maximum absolute atomic E-state index is 6.20. The van der Waals surface area contributed by atoms with Crippen molar-refractivity contribution in [1.82, 2.24) is 9.88 Å². The van der Waals surface area contributed by atoms with Gasteiger partial charge in [0.2, 0.25) is 0 Å². The molecule has 2 N–H and O–H groups in total. The van der Waals surface area contributed by atoms with E-state index in [1.165, 1.54) is 29.5 Å². The second-order valence-corrected chi connectivity index (χ2v) is 8.16. The number of hydrogen-bond acceptors (Lipinski definition) is 4. The van der Waals surface area contributed by atoms with Crippen molar-refractivity contribution in [2.45, 2.75) is 52.0 Å². The van der Waals surface area contributed by atoms with Gasteiger partial charge in [0.15, 0.2) is 0 Å². The molecule has 1 heterocycles. The Balaban J connectivity index is 1.82. The molecule has 0 amide bonds. The molecular formula is C22H31N3O. The Hall–Kier alpha value is -2.07. The van der Waals surface area contributed by atoms with Crippen LogP contribution < -0.4 is 10.5 Å². The highest BCUT2D eigenvalue weighted by Gasteiger charge is 2.20. The van der Waals surface area contributed by atoms with Gasteiger partial charge in [-0.25, -0.2) is 4.98 Å². The minimum atomic E-state index is 0.158. The molecule has 0 spiro atoms. The zero-order chi connectivity index (χ0) is 18.7. The van der Waals surface area contributed by atoms with Gasteiger partial charge in [-0.1, -0.05) is 6.07 Å². The van der Waals surface area contributed by atoms with E-state index in [2.05, 4.69) is 49.8 Å². The average Bonchev–Trinajstić information content (AvgIpc) is 2.61. The summed E-state index contributed by atoms with van der Waals surface area (Å²) >= 11 is 0. The molecule has 0 atom stereocenters. The molecular weight excluding hydrogens is 322 g/mol. The van der Waals surface area contributed by atoms with Crippen LogP contribution in [0.4, 0.5) is 5.82 Å². The van der Waals surface area contributed by atoms with Crippen LogP contribution in [0.15, 0.2) is 30.3 Å². The number of nitrogens with two attached hydrogens (primary N) is 1. The van der Waals surface area contributed by atoms with Crippen LogP contribution in [0.2, 0.25) is 0 Å². The smallest absolute Gasteiger partial charge is 0.124 e. The number of aromatic nitrogens is 1. The lowest BCUT2D eigenvalue weighted by atomic mass is 9.86. The molecule has 2 aromatic rings. The Morgan fingerprint density at radius 1 is 1.08 bits per heavy atom. The lowest BCUT2D eigenvalue weighted by molar-refractivity contribution is 0.144. The number of anilines is 1. The van der Waals surface area contributed by atoms with Crippen molar-refractivity contribution in [2.75, 3.05) is 25.9 Å². The van der Waals surface area contributed by atoms with Crippen LogP contribution in [0, 0.1) is 0 Å². The Morgan fingerprint density at radius 3 is 2.50 bits per heavy atom. The quantitative estimate of drug-likeness (QED) is 0.870. The van der Waals surface area contributed by atoms with Crippen LogP contribution >= 0.6 is 0 Å². The number of pyridine rings is 1. The number of fused-ring (bicyclic) bond motifs is 1. The monoisotopic (exact) mass is 353 g/mol. The van der Waals surface area contributed by atoms with E-state index in [4.69, 9.17) is 10.5 Å². The number of benzene rings is 1. The Bertz CT molecular complexity index is 764. The number of nitrogens with zero attached hydrogens (tertiary/aromatic N) is 2. The topological polar surface area (TPSA) is 51.4 Å². The number of likely N-dealkylation sites (N-methyl/N-ethyl adjacent to an activating group) is 1. The molecule has 1 aromatic carbocycles. The molecule has 4 heteroatoms. The molecule has 0 saturated carbocycles. The molecule has 1 aliphatic carbocycles. The van der Waals surface area contributed by atoms with E-state index >= 15 is 0 Å². The first-order valence-electron chi connectivity index (χ1n) is 9.58. The van der Waals surface area contributed by atoms with Gasteiger partial charge in [0, 0.05) is 17.6 Å². The summed E-state index contributed by atoms with van der Waals surface area (Å²) in [5.74, 6) is 1.60. The van der Waals surface area contributed by atoms with E-state index < -0.39 is 0 Å². The average molecular weight is 354 g/mol. The molecule has 140 valence electrons. The van der Waals surface area contributed by atoms with E-state index in [1.54, 1.807) is 0 Å². The van der Waals surface area contributed by atoms with Gasteiger partial charge in [-0.2, -0.15) is 0 Å². The maximum atomic E-state index is 6.20. The maximum Gasteiger partial charge on any atom is 0.124 e. The fourth-order valence-corrected chi connectivity index (χ4v) is 3.44. The standard InChI is InChI=1S/C22H31N3O/c1-22(2,3)25(4)14-15-26-20-13-12-17(16-8-5-6-9-18(16)20)19-10-7-11-21(23)24-19/h7,10-13H,5-6,8-9,14-15H2,1-4H3,(H2,23,24). The minimum absolute atomic E-state index is 0.158. The van der Waals surface area contributed by atoms with Crippen molar-refractivity contribution in [3.63, 3.8) is 0 Å². The Labute approximate surface area is 157 Å². The third-order valence-electron chi connectivity index (χ3n) is 5.37. The van der Waals surface area contributed by atoms with Crippen molar-refractivity contribution < 1.29 is 4.74 Å². The van der Waals surface area contributed by atoms with Crippen LogP contribution in [-0.4, -0.2) is 35.6 Å². The summed E-state index contributed by atoms with van der Waals surface area (Å²) in [6, 6.07) is 10.1. The Kier molecular flexibility index (Phi) is 5.52. The summed E-state index contributed by atoms with van der Waals surface area (Å²) in [7, 11) is 2.15. The predicted molar refractivity (Wildman–Crippen MR) is 109 cm³/mol. The largest absolute Gasteiger partial charge is 0.492 e. The van der Waals surface area contributed by atoms with Crippen LogP contribution in [0.3, 0.4) is 0 Å². The van der Waals surface area contributed by atoms with Crippen molar-refractivity contribution in [3.8, 4) is 17.0 Å². The zero-order valence-corrected chi connectivity index (χ0v) is 16.5. The second kappa shape index (κ2) is 7.67. The summed E-state index contributed by atoms with van der Waals surface area (Å²) < 4.78 is 6.20. The van der Waals surface area contributed by atoms with Gasteiger partial charge < -0.3 is 10.5 Å². The van der Waals surface area contributed by atoms with Crippen LogP contribution in [-0.2, 0) is 12.8 Å². The highest BCUT2D eigenvalue weighted by atomic mass is 16.5. The van der Waals surface area contributed by atoms with Crippen molar-refractivity contribution in [1.29, 1.82) is 0 Å². The molecule has 4 nitrogen and oxygen atoms in total. The number of ether oxygens (including phenoxy) is 1. The highest BCUT2D eigenvalue weighted by molar-refractivity contribution is 5.69. The third-order valence-corrected chi connectivity index (χ3v) is 5.37. The fraction of sp³-hybridized carbons (Fsp3) is 0.500. The van der Waals surface area contributed by atoms with E-state index in [0.29, 0.717) is 12.4 Å². The van der Waals surface area contributed by atoms with E-state index in [0.717, 1.165) is 30.8 Å². The van der Waals surface area contributed by atoms with Gasteiger partial charge in [0.05, 0.1) is 5.69 Å². The molecule has 3 rings (SSSR count). The summed E-state index contributed by atoms with van der Waals surface area (Å²) in [6.45, 7) is 8.29. The lowest BCUT2D eigenvalue weighted by Gasteiger charge is -2.32. The van der Waals surface area contributed by atoms with Crippen molar-refractivity contribution >= 4 is 5.82 Å². The summed E-state index contributed by atoms with van der Waals surface area (Å²) in [5, 5.41) is 0. The molecule has 0 aliphatic heterocycles. The number of rotatable bonds is 5. The second-order valence-electron chi connectivity index (χ2n) is 8.16. The number of hydrogen-bond donors (Lipinski definition) is 1. The van der Waals surface area contributed by atoms with Crippen LogP contribution in [0.25, 0.3) is 11.3 Å². The first kappa shape index (κ1) is 18.7. The summed E-state index contributed by atoms with van der Waals surface area (Å²) in [4.78, 5) is 6.85. The van der Waals surface area contributed by atoms with E-state index in [-0.39, 0.29) is 5.54 Å². The van der Waals surface area contributed by atoms with Gasteiger partial charge in [0.1, 0.15) is 18.2 Å². The van der Waals surface area contributed by atoms with Gasteiger partial charge in [-0.05, 0) is 88.9 Å². The van der Waals surface area contributed by atoms with Crippen molar-refractivity contribution in [2.24, 2.45) is 0 Å². The van der Waals surface area contributed by atoms with Gasteiger partial charge in [0.25, 0.3) is 0 Å². The van der Waals surface area contributed by atoms with Gasteiger partial charge >= 0.3 is 0 Å². The molecule has 0 unspecified atom stereocenters. The molecule has 0 fully saturated rings. The summed E-state index contributed by atoms with van der Waals surface area (Å²) in [5.41, 5.74) is 11.0. The van der Waals surface area contributed by atoms with Gasteiger partial charge in [-0.15, -0.1) is 0 Å². The molecule has 1 aliphatic rings. The molecule has 1 aromatic heterocycles. The molecule has 0 radical (unpaired) electrons. The Morgan fingerprint density at radius 2 is 1.81 bits per heavy atom. The third kappa shape index (κ3) is 4.18. The van der Waals surface area contributed by atoms with E-state index in [9.17, 15) is 0 Å². The first-order valence-corrected chi connectivity index (χ1v) is 9.58.